The second kappa shape index (κ2) is 32.7. The van der Waals surface area contributed by atoms with Crippen LogP contribution in [0.15, 0.2) is 12.2 Å². The van der Waals surface area contributed by atoms with Crippen LogP contribution in [0, 0.1) is 0 Å². The number of ether oxygens (including phenoxy) is 1. The number of allylic oxidation sites excluding steroid dienone is 2. The molecule has 0 saturated carbocycles. The molecule has 0 radical (unpaired) electrons. The minimum atomic E-state index is -1.58. The fourth-order valence-electron chi connectivity index (χ4n) is 5.46. The van der Waals surface area contributed by atoms with Crippen molar-refractivity contribution in [2.45, 2.75) is 206 Å². The molecule has 2 atom stereocenters. The largest absolute Gasteiger partial charge is 0.452 e. The maximum Gasteiger partial charge on any atom is 0.338 e. The maximum atomic E-state index is 12.8. The van der Waals surface area contributed by atoms with Gasteiger partial charge in [0.25, 0.3) is 0 Å². The molecule has 0 bridgehead atoms. The van der Waals surface area contributed by atoms with Gasteiger partial charge in [0.2, 0.25) is 0 Å². The molecular formula is C37H70O5. The van der Waals surface area contributed by atoms with Gasteiger partial charge in [-0.05, 0) is 44.9 Å². The third-order valence-corrected chi connectivity index (χ3v) is 8.32. The summed E-state index contributed by atoms with van der Waals surface area (Å²) in [4.78, 5) is 24.9. The summed E-state index contributed by atoms with van der Waals surface area (Å²) in [5, 5.41) is 18.7. The molecule has 0 spiro atoms. The fourth-order valence-corrected chi connectivity index (χ4v) is 5.46. The van der Waals surface area contributed by atoms with Crippen molar-refractivity contribution in [2.75, 3.05) is 6.61 Å². The average Bonchev–Trinajstić information content (AvgIpc) is 3.00. The molecule has 0 heterocycles. The normalized spacial score (nSPS) is 13.0. The summed E-state index contributed by atoms with van der Waals surface area (Å²) >= 11 is 0. The first-order valence-corrected chi connectivity index (χ1v) is 18.2. The molecule has 0 rings (SSSR count). The Bertz CT molecular complexity index is 617. The van der Waals surface area contributed by atoms with Crippen LogP contribution in [0.5, 0.6) is 0 Å². The van der Waals surface area contributed by atoms with Gasteiger partial charge in [-0.1, -0.05) is 154 Å². The van der Waals surface area contributed by atoms with Gasteiger partial charge in [0.15, 0.2) is 18.0 Å². The number of carbonyl (C=O) groups is 2. The van der Waals surface area contributed by atoms with Crippen molar-refractivity contribution in [1.82, 2.24) is 0 Å². The van der Waals surface area contributed by atoms with Crippen molar-refractivity contribution >= 4 is 11.8 Å². The summed E-state index contributed by atoms with van der Waals surface area (Å²) in [6.07, 6.45) is 35.2. The third-order valence-electron chi connectivity index (χ3n) is 8.32. The van der Waals surface area contributed by atoms with E-state index in [9.17, 15) is 14.7 Å². The van der Waals surface area contributed by atoms with Gasteiger partial charge in [0.05, 0.1) is 6.61 Å². The molecule has 0 fully saturated rings. The van der Waals surface area contributed by atoms with Crippen LogP contribution in [-0.2, 0) is 14.3 Å². The Morgan fingerprint density at radius 2 is 0.952 bits per heavy atom. The Morgan fingerprint density at radius 3 is 1.38 bits per heavy atom. The molecule has 0 aliphatic heterocycles. The summed E-state index contributed by atoms with van der Waals surface area (Å²) in [5.74, 6) is -0.943. The molecule has 248 valence electrons. The second-order valence-corrected chi connectivity index (χ2v) is 12.5. The number of aliphatic hydroxyl groups is 2. The zero-order valence-corrected chi connectivity index (χ0v) is 27.9. The van der Waals surface area contributed by atoms with Gasteiger partial charge in [-0.3, -0.25) is 4.79 Å². The summed E-state index contributed by atoms with van der Waals surface area (Å²) in [6.45, 7) is 3.83. The lowest BCUT2D eigenvalue weighted by molar-refractivity contribution is -0.165. The standard InChI is InChI=1S/C37H70O5/c1-3-5-7-9-11-13-15-17-18-20-22-24-26-28-30-32-36(42-37(41)35(40)33-38)34(39)31-29-27-25-23-21-19-16-14-12-10-8-6-4-2/h17-18,35-36,38,40H,3-16,19-33H2,1-2H3/b18-17-. The smallest absolute Gasteiger partial charge is 0.338 e. The predicted molar refractivity (Wildman–Crippen MR) is 178 cm³/mol. The summed E-state index contributed by atoms with van der Waals surface area (Å²) in [7, 11) is 0. The van der Waals surface area contributed by atoms with Gasteiger partial charge < -0.3 is 14.9 Å². The molecule has 0 aliphatic rings. The molecule has 0 aromatic carbocycles. The Labute approximate surface area is 260 Å². The Morgan fingerprint density at radius 1 is 0.571 bits per heavy atom. The SMILES string of the molecule is CCCCCCCC/C=C\CCCCCCCC(OC(=O)C(O)CO)C(=O)CCCCCCCCCCCCCCC. The van der Waals surface area contributed by atoms with Gasteiger partial charge in [-0.2, -0.15) is 0 Å². The van der Waals surface area contributed by atoms with Crippen LogP contribution in [-0.4, -0.2) is 40.8 Å². The zero-order chi connectivity index (χ0) is 30.9. The average molecular weight is 595 g/mol. The number of rotatable bonds is 33. The highest BCUT2D eigenvalue weighted by molar-refractivity contribution is 5.86. The number of carbonyl (C=O) groups excluding carboxylic acids is 2. The maximum absolute atomic E-state index is 12.8. The van der Waals surface area contributed by atoms with E-state index in [2.05, 4.69) is 26.0 Å². The lowest BCUT2D eigenvalue weighted by Crippen LogP contribution is -2.34. The first kappa shape index (κ1) is 40.8. The van der Waals surface area contributed by atoms with E-state index >= 15 is 0 Å². The Balaban J connectivity index is 4.00. The number of unbranched alkanes of at least 4 members (excludes halogenated alkanes) is 23. The van der Waals surface area contributed by atoms with E-state index in [1.54, 1.807) is 0 Å². The topological polar surface area (TPSA) is 83.8 Å². The van der Waals surface area contributed by atoms with Crippen molar-refractivity contribution < 1.29 is 24.5 Å². The van der Waals surface area contributed by atoms with Gasteiger partial charge in [-0.15, -0.1) is 0 Å². The fraction of sp³-hybridized carbons (Fsp3) is 0.892. The molecule has 42 heavy (non-hydrogen) atoms. The number of Topliss-reactive ketones (excluding diaryl/α,β-unsaturated/α-hetero) is 1. The minimum Gasteiger partial charge on any atom is -0.452 e. The van der Waals surface area contributed by atoms with E-state index < -0.39 is 24.8 Å². The van der Waals surface area contributed by atoms with E-state index in [1.807, 2.05) is 0 Å². The van der Waals surface area contributed by atoms with Crippen molar-refractivity contribution in [3.05, 3.63) is 12.2 Å². The highest BCUT2D eigenvalue weighted by atomic mass is 16.6. The molecule has 0 saturated heterocycles. The second-order valence-electron chi connectivity index (χ2n) is 12.5. The van der Waals surface area contributed by atoms with Crippen LogP contribution in [0.25, 0.3) is 0 Å². The van der Waals surface area contributed by atoms with Crippen LogP contribution < -0.4 is 0 Å². The quantitative estimate of drug-likeness (QED) is 0.0448. The molecular weight excluding hydrogens is 524 g/mol. The van der Waals surface area contributed by atoms with Crippen LogP contribution in [0.3, 0.4) is 0 Å². The first-order valence-electron chi connectivity index (χ1n) is 18.2. The molecule has 5 heteroatoms. The minimum absolute atomic E-state index is 0.0490. The van der Waals surface area contributed by atoms with Crippen molar-refractivity contribution in [2.24, 2.45) is 0 Å². The predicted octanol–water partition coefficient (Wildman–Crippen LogP) is 10.3. The molecule has 0 amide bonds. The molecule has 0 aliphatic carbocycles. The Kier molecular flexibility index (Phi) is 31.8. The van der Waals surface area contributed by atoms with Crippen LogP contribution >= 0.6 is 0 Å². The molecule has 2 unspecified atom stereocenters. The number of esters is 1. The number of aliphatic hydroxyl groups excluding tert-OH is 2. The monoisotopic (exact) mass is 595 g/mol. The van der Waals surface area contributed by atoms with Crippen molar-refractivity contribution in [1.29, 1.82) is 0 Å². The summed E-state index contributed by atoms with van der Waals surface area (Å²) in [5.41, 5.74) is 0. The molecule has 2 N–H and O–H groups in total. The molecule has 0 aromatic heterocycles. The van der Waals surface area contributed by atoms with Crippen molar-refractivity contribution in [3.8, 4) is 0 Å². The number of ketones is 1. The van der Waals surface area contributed by atoms with E-state index in [0.717, 1.165) is 44.9 Å². The first-order chi connectivity index (χ1) is 20.6. The van der Waals surface area contributed by atoms with Gasteiger partial charge in [-0.25, -0.2) is 4.79 Å². The summed E-state index contributed by atoms with van der Waals surface area (Å²) in [6, 6.07) is 0. The summed E-state index contributed by atoms with van der Waals surface area (Å²) < 4.78 is 5.34. The van der Waals surface area contributed by atoms with Crippen molar-refractivity contribution in [3.63, 3.8) is 0 Å². The zero-order valence-electron chi connectivity index (χ0n) is 27.9. The molecule has 5 nitrogen and oxygen atoms in total. The highest BCUT2D eigenvalue weighted by Crippen LogP contribution is 2.17. The van der Waals surface area contributed by atoms with Crippen LogP contribution in [0.1, 0.15) is 194 Å². The van der Waals surface area contributed by atoms with Crippen LogP contribution in [0.2, 0.25) is 0 Å². The third kappa shape index (κ3) is 27.6. The highest BCUT2D eigenvalue weighted by Gasteiger charge is 2.25. The van der Waals surface area contributed by atoms with Gasteiger partial charge in [0, 0.05) is 6.42 Å². The van der Waals surface area contributed by atoms with Crippen LogP contribution in [0.4, 0.5) is 0 Å². The van der Waals surface area contributed by atoms with E-state index in [-0.39, 0.29) is 5.78 Å². The number of hydrogen-bond donors (Lipinski definition) is 2. The number of hydrogen-bond acceptors (Lipinski definition) is 5. The lowest BCUT2D eigenvalue weighted by Gasteiger charge is -2.18. The Hall–Kier alpha value is -1.20. The van der Waals surface area contributed by atoms with Gasteiger partial charge >= 0.3 is 5.97 Å². The van der Waals surface area contributed by atoms with E-state index in [1.165, 1.54) is 122 Å². The van der Waals surface area contributed by atoms with E-state index in [0.29, 0.717) is 12.8 Å². The lowest BCUT2D eigenvalue weighted by atomic mass is 10.00. The molecule has 0 aromatic rings. The van der Waals surface area contributed by atoms with Gasteiger partial charge in [0.1, 0.15) is 0 Å². The van der Waals surface area contributed by atoms with E-state index in [4.69, 9.17) is 9.84 Å².